The molecule has 0 heterocycles. The van der Waals surface area contributed by atoms with Crippen LogP contribution < -0.4 is 5.32 Å². The second-order valence-corrected chi connectivity index (χ2v) is 20.0. The highest BCUT2D eigenvalue weighted by atomic mass is 31.2. The van der Waals surface area contributed by atoms with Crippen LogP contribution in [0.3, 0.4) is 0 Å². The lowest BCUT2D eigenvalue weighted by atomic mass is 10.0. The van der Waals surface area contributed by atoms with E-state index in [1.807, 2.05) is 21.1 Å². The fourth-order valence-corrected chi connectivity index (χ4v) is 7.90. The van der Waals surface area contributed by atoms with Gasteiger partial charge in [0.05, 0.1) is 39.9 Å². The topological polar surface area (TPSA) is 105 Å². The van der Waals surface area contributed by atoms with Crippen LogP contribution in [0, 0.1) is 0 Å². The highest BCUT2D eigenvalue weighted by Gasteiger charge is 2.28. The number of hydrogen-bond acceptors (Lipinski definition) is 5. The molecule has 1 amide bonds. The van der Waals surface area contributed by atoms with Gasteiger partial charge in [-0.1, -0.05) is 215 Å². The van der Waals surface area contributed by atoms with Crippen LogP contribution in [0.2, 0.25) is 0 Å². The molecular formula is C54H100N2O6P+. The molecule has 0 radical (unpaired) electrons. The summed E-state index contributed by atoms with van der Waals surface area (Å²) < 4.78 is 23.6. The number of amides is 1. The van der Waals surface area contributed by atoms with Gasteiger partial charge in [0.2, 0.25) is 5.91 Å². The van der Waals surface area contributed by atoms with Crippen molar-refractivity contribution in [1.29, 1.82) is 0 Å². The average molecular weight is 904 g/mol. The summed E-state index contributed by atoms with van der Waals surface area (Å²) in [6.45, 7) is 4.73. The number of aliphatic hydroxyl groups is 1. The maximum Gasteiger partial charge on any atom is 0.472 e. The van der Waals surface area contributed by atoms with Crippen LogP contribution in [0.4, 0.5) is 0 Å². The Morgan fingerprint density at radius 2 is 0.952 bits per heavy atom. The van der Waals surface area contributed by atoms with Gasteiger partial charge in [0.25, 0.3) is 0 Å². The van der Waals surface area contributed by atoms with E-state index in [4.69, 9.17) is 9.05 Å². The predicted molar refractivity (Wildman–Crippen MR) is 272 cm³/mol. The molecule has 0 rings (SSSR count). The van der Waals surface area contributed by atoms with Crippen molar-refractivity contribution in [3.63, 3.8) is 0 Å². The summed E-state index contributed by atoms with van der Waals surface area (Å²) in [5.41, 5.74) is 0. The first-order chi connectivity index (χ1) is 30.5. The highest BCUT2D eigenvalue weighted by molar-refractivity contribution is 7.47. The van der Waals surface area contributed by atoms with Crippen molar-refractivity contribution in [2.24, 2.45) is 0 Å². The number of aliphatic hydroxyl groups excluding tert-OH is 1. The van der Waals surface area contributed by atoms with Gasteiger partial charge in [0.1, 0.15) is 13.2 Å². The number of hydrogen-bond donors (Lipinski definition) is 3. The van der Waals surface area contributed by atoms with Crippen molar-refractivity contribution in [2.45, 2.75) is 225 Å². The summed E-state index contributed by atoms with van der Waals surface area (Å²) in [5.74, 6) is -0.151. The minimum atomic E-state index is -4.31. The van der Waals surface area contributed by atoms with E-state index in [1.54, 1.807) is 0 Å². The quantitative estimate of drug-likeness (QED) is 0.0243. The van der Waals surface area contributed by atoms with Gasteiger partial charge in [0, 0.05) is 6.42 Å². The number of carbonyl (C=O) groups excluding carboxylic acids is 1. The van der Waals surface area contributed by atoms with Crippen molar-refractivity contribution >= 4 is 13.7 Å². The van der Waals surface area contributed by atoms with Crippen molar-refractivity contribution < 1.29 is 32.9 Å². The zero-order valence-corrected chi connectivity index (χ0v) is 42.4. The molecule has 0 spiro atoms. The molecule has 0 aromatic heterocycles. The Labute approximate surface area is 389 Å². The first kappa shape index (κ1) is 60.9. The van der Waals surface area contributed by atoms with Gasteiger partial charge < -0.3 is 19.8 Å². The van der Waals surface area contributed by atoms with Crippen molar-refractivity contribution in [1.82, 2.24) is 5.32 Å². The molecule has 3 N–H and O–H groups in total. The fourth-order valence-electron chi connectivity index (χ4n) is 7.17. The van der Waals surface area contributed by atoms with E-state index >= 15 is 0 Å². The molecule has 0 aliphatic rings. The Kier molecular flexibility index (Phi) is 43.6. The maximum atomic E-state index is 12.9. The van der Waals surface area contributed by atoms with E-state index in [0.29, 0.717) is 23.9 Å². The molecule has 63 heavy (non-hydrogen) atoms. The van der Waals surface area contributed by atoms with Gasteiger partial charge in [-0.25, -0.2) is 4.57 Å². The van der Waals surface area contributed by atoms with Crippen LogP contribution >= 0.6 is 7.82 Å². The Morgan fingerprint density at radius 3 is 1.40 bits per heavy atom. The molecule has 3 unspecified atom stereocenters. The van der Waals surface area contributed by atoms with Crippen LogP contribution in [-0.2, 0) is 18.4 Å². The predicted octanol–water partition coefficient (Wildman–Crippen LogP) is 15.1. The molecule has 3 atom stereocenters. The third kappa shape index (κ3) is 47.7. The van der Waals surface area contributed by atoms with Crippen LogP contribution in [0.25, 0.3) is 0 Å². The third-order valence-electron chi connectivity index (χ3n) is 11.2. The Hall–Kier alpha value is -2.06. The average Bonchev–Trinajstić information content (AvgIpc) is 3.24. The standard InChI is InChI=1S/C54H99N2O6P/c1-6-8-10-12-14-16-17-18-19-20-21-22-23-24-25-26-27-28-29-30-31-32-33-34-35-36-37-38-39-40-42-44-46-48-54(58)55-52(51-62-63(59,60)61-50-49-56(3,4)5)53(57)47-45-43-41-15-13-11-9-7-2/h8,10,14,16,18-19,21-22,24-25,27-28,52-53,57H,6-7,9,11-13,15,17,20,23,26,29-51H2,1-5H3,(H-,55,58,59,60)/p+1/b10-8-,16-14-,19-18-,22-21-,25-24-,28-27-. The number of nitrogens with zero attached hydrogens (tertiary/aromatic N) is 1. The maximum absolute atomic E-state index is 12.9. The number of phosphoric acid groups is 1. The number of phosphoric ester groups is 1. The number of quaternary nitrogens is 1. The van der Waals surface area contributed by atoms with Crippen molar-refractivity contribution in [2.75, 3.05) is 40.9 Å². The van der Waals surface area contributed by atoms with Gasteiger partial charge in [-0.15, -0.1) is 0 Å². The number of likely N-dealkylation sites (N-methyl/N-ethyl adjacent to an activating group) is 1. The van der Waals surface area contributed by atoms with Crippen LogP contribution in [0.1, 0.15) is 213 Å². The molecule has 0 aromatic carbocycles. The molecule has 0 aliphatic carbocycles. The monoisotopic (exact) mass is 904 g/mol. The van der Waals surface area contributed by atoms with Crippen LogP contribution in [-0.4, -0.2) is 73.4 Å². The second kappa shape index (κ2) is 45.1. The molecule has 0 aromatic rings. The molecule has 0 saturated carbocycles. The van der Waals surface area contributed by atoms with Gasteiger partial charge >= 0.3 is 7.82 Å². The molecule has 0 saturated heterocycles. The van der Waals surface area contributed by atoms with Crippen molar-refractivity contribution in [3.05, 3.63) is 72.9 Å². The Balaban J connectivity index is 3.97. The van der Waals surface area contributed by atoms with E-state index in [1.165, 1.54) is 109 Å². The Morgan fingerprint density at radius 1 is 0.556 bits per heavy atom. The van der Waals surface area contributed by atoms with E-state index in [9.17, 15) is 19.4 Å². The molecular weight excluding hydrogens is 804 g/mol. The van der Waals surface area contributed by atoms with Gasteiger partial charge in [-0.2, -0.15) is 0 Å². The normalized spacial score (nSPS) is 14.7. The first-order valence-corrected chi connectivity index (χ1v) is 27.3. The largest absolute Gasteiger partial charge is 0.472 e. The molecule has 0 fully saturated rings. The van der Waals surface area contributed by atoms with E-state index in [2.05, 4.69) is 92.1 Å². The summed E-state index contributed by atoms with van der Waals surface area (Å²) in [4.78, 5) is 23.1. The Bertz CT molecular complexity index is 1250. The summed E-state index contributed by atoms with van der Waals surface area (Å²) in [7, 11) is 1.61. The lowest BCUT2D eigenvalue weighted by molar-refractivity contribution is -0.870. The first-order valence-electron chi connectivity index (χ1n) is 25.8. The van der Waals surface area contributed by atoms with E-state index < -0.39 is 20.0 Å². The smallest absolute Gasteiger partial charge is 0.391 e. The number of rotatable bonds is 46. The number of unbranched alkanes of at least 4 members (excludes halogenated alkanes) is 21. The minimum Gasteiger partial charge on any atom is -0.391 e. The highest BCUT2D eigenvalue weighted by Crippen LogP contribution is 2.43. The summed E-state index contributed by atoms with van der Waals surface area (Å²) in [6, 6.07) is -0.761. The van der Waals surface area contributed by atoms with Gasteiger partial charge in [0.15, 0.2) is 0 Å². The second-order valence-electron chi connectivity index (χ2n) is 18.5. The number of carbonyl (C=O) groups is 1. The zero-order valence-electron chi connectivity index (χ0n) is 41.5. The lowest BCUT2D eigenvalue weighted by Crippen LogP contribution is -2.46. The van der Waals surface area contributed by atoms with Crippen LogP contribution in [0.5, 0.6) is 0 Å². The summed E-state index contributed by atoms with van der Waals surface area (Å²) in [6.07, 6.45) is 61.1. The molecule has 0 bridgehead atoms. The number of nitrogens with one attached hydrogen (secondary N) is 1. The minimum absolute atomic E-state index is 0.0723. The van der Waals surface area contributed by atoms with E-state index in [-0.39, 0.29) is 19.1 Å². The fraction of sp³-hybridized carbons (Fsp3) is 0.759. The summed E-state index contributed by atoms with van der Waals surface area (Å²) >= 11 is 0. The molecule has 366 valence electrons. The summed E-state index contributed by atoms with van der Waals surface area (Å²) in [5, 5.41) is 13.9. The molecule has 8 nitrogen and oxygen atoms in total. The van der Waals surface area contributed by atoms with Crippen molar-refractivity contribution in [3.8, 4) is 0 Å². The zero-order chi connectivity index (χ0) is 46.4. The SMILES string of the molecule is CC/C=C\C/C=C\C/C=C\C/C=C\C/C=C\C/C=C\CCCCCCCCCCCCCCCCC(=O)NC(COP(=O)(O)OCC[N+](C)(C)C)C(O)CCCCCCCCCC. The third-order valence-corrected chi connectivity index (χ3v) is 12.2. The lowest BCUT2D eigenvalue weighted by Gasteiger charge is -2.26. The van der Waals surface area contributed by atoms with Gasteiger partial charge in [-0.3, -0.25) is 13.8 Å². The van der Waals surface area contributed by atoms with E-state index in [0.717, 1.165) is 77.0 Å². The van der Waals surface area contributed by atoms with Crippen LogP contribution in [0.15, 0.2) is 72.9 Å². The van der Waals surface area contributed by atoms with Gasteiger partial charge in [-0.05, 0) is 64.2 Å². The number of allylic oxidation sites excluding steroid dienone is 12. The molecule has 9 heteroatoms. The molecule has 0 aliphatic heterocycles.